The third-order valence-corrected chi connectivity index (χ3v) is 3.45. The molecule has 0 aliphatic carbocycles. The standard InChI is InChI=1S/C11H7BrCl2N4O2/c12-6-1-2-8(15-3-6)17-9(19)5-18-11(20)10(14)7(13)4-16-18/h1-4H,5H2,(H,15,17,19). The predicted molar refractivity (Wildman–Crippen MR) is 79.1 cm³/mol. The zero-order chi connectivity index (χ0) is 14.7. The van der Waals surface area contributed by atoms with Gasteiger partial charge in [-0.15, -0.1) is 0 Å². The first-order valence-corrected chi connectivity index (χ1v) is 6.85. The van der Waals surface area contributed by atoms with Crippen LogP contribution in [0.25, 0.3) is 0 Å². The summed E-state index contributed by atoms with van der Waals surface area (Å²) in [7, 11) is 0. The van der Waals surface area contributed by atoms with Crippen LogP contribution in [0.5, 0.6) is 0 Å². The summed E-state index contributed by atoms with van der Waals surface area (Å²) in [5.74, 6) is -0.0841. The molecule has 1 amide bonds. The van der Waals surface area contributed by atoms with Crippen LogP contribution in [0, 0.1) is 0 Å². The first-order chi connectivity index (χ1) is 9.47. The molecule has 0 radical (unpaired) electrons. The molecule has 0 atom stereocenters. The second-order valence-electron chi connectivity index (χ2n) is 3.68. The molecule has 0 bridgehead atoms. The molecule has 2 aromatic heterocycles. The smallest absolute Gasteiger partial charge is 0.287 e. The normalized spacial score (nSPS) is 10.3. The largest absolute Gasteiger partial charge is 0.309 e. The Morgan fingerprint density at radius 2 is 2.10 bits per heavy atom. The maximum Gasteiger partial charge on any atom is 0.287 e. The molecular weight excluding hydrogens is 371 g/mol. The summed E-state index contributed by atoms with van der Waals surface area (Å²) in [4.78, 5) is 27.5. The van der Waals surface area contributed by atoms with Gasteiger partial charge in [-0.05, 0) is 28.1 Å². The number of anilines is 1. The average molecular weight is 378 g/mol. The van der Waals surface area contributed by atoms with Gasteiger partial charge in [0.2, 0.25) is 5.91 Å². The van der Waals surface area contributed by atoms with Gasteiger partial charge >= 0.3 is 0 Å². The van der Waals surface area contributed by atoms with Gasteiger partial charge in [-0.25, -0.2) is 9.67 Å². The SMILES string of the molecule is O=C(Cn1ncc(Cl)c(Cl)c1=O)Nc1ccc(Br)cn1. The number of carbonyl (C=O) groups is 1. The van der Waals surface area contributed by atoms with Crippen molar-refractivity contribution in [3.05, 3.63) is 49.4 Å². The van der Waals surface area contributed by atoms with E-state index in [1.807, 2.05) is 0 Å². The van der Waals surface area contributed by atoms with Gasteiger partial charge in [-0.1, -0.05) is 23.2 Å². The van der Waals surface area contributed by atoms with Crippen molar-refractivity contribution in [2.45, 2.75) is 6.54 Å². The van der Waals surface area contributed by atoms with Gasteiger partial charge in [0.1, 0.15) is 17.4 Å². The van der Waals surface area contributed by atoms with Crippen molar-refractivity contribution < 1.29 is 4.79 Å². The minimum atomic E-state index is -0.627. The van der Waals surface area contributed by atoms with E-state index in [9.17, 15) is 9.59 Å². The Morgan fingerprint density at radius 3 is 2.75 bits per heavy atom. The fourth-order valence-corrected chi connectivity index (χ4v) is 1.83. The lowest BCUT2D eigenvalue weighted by molar-refractivity contribution is -0.117. The number of aromatic nitrogens is 3. The molecule has 0 spiro atoms. The molecule has 6 nitrogen and oxygen atoms in total. The molecule has 0 aromatic carbocycles. The molecule has 0 aliphatic heterocycles. The summed E-state index contributed by atoms with van der Waals surface area (Å²) >= 11 is 14.6. The van der Waals surface area contributed by atoms with Gasteiger partial charge in [-0.2, -0.15) is 5.10 Å². The summed E-state index contributed by atoms with van der Waals surface area (Å²) in [6, 6.07) is 3.35. The second-order valence-corrected chi connectivity index (χ2v) is 5.38. The van der Waals surface area contributed by atoms with Crippen molar-refractivity contribution in [3.8, 4) is 0 Å². The first-order valence-electron chi connectivity index (χ1n) is 5.30. The average Bonchev–Trinajstić information content (AvgIpc) is 2.42. The van der Waals surface area contributed by atoms with Crippen LogP contribution in [-0.4, -0.2) is 20.7 Å². The van der Waals surface area contributed by atoms with Gasteiger partial charge < -0.3 is 5.32 Å². The van der Waals surface area contributed by atoms with E-state index in [0.29, 0.717) is 5.82 Å². The van der Waals surface area contributed by atoms with Crippen LogP contribution in [0.1, 0.15) is 0 Å². The Balaban J connectivity index is 2.11. The van der Waals surface area contributed by atoms with Crippen LogP contribution < -0.4 is 10.9 Å². The van der Waals surface area contributed by atoms with E-state index in [1.165, 1.54) is 6.20 Å². The van der Waals surface area contributed by atoms with Gasteiger partial charge in [-0.3, -0.25) is 9.59 Å². The van der Waals surface area contributed by atoms with Gasteiger partial charge in [0.25, 0.3) is 5.56 Å². The molecule has 0 unspecified atom stereocenters. The monoisotopic (exact) mass is 376 g/mol. The number of pyridine rings is 1. The van der Waals surface area contributed by atoms with E-state index in [0.717, 1.165) is 9.15 Å². The zero-order valence-electron chi connectivity index (χ0n) is 9.81. The fourth-order valence-electron chi connectivity index (χ4n) is 1.33. The lowest BCUT2D eigenvalue weighted by Crippen LogP contribution is -2.30. The number of rotatable bonds is 3. The lowest BCUT2D eigenvalue weighted by atomic mass is 10.4. The molecule has 2 rings (SSSR count). The Hall–Kier alpha value is -1.44. The van der Waals surface area contributed by atoms with Crippen molar-refractivity contribution in [2.75, 3.05) is 5.32 Å². The third-order valence-electron chi connectivity index (χ3n) is 2.23. The zero-order valence-corrected chi connectivity index (χ0v) is 12.9. The Kier molecular flexibility index (Phi) is 4.74. The highest BCUT2D eigenvalue weighted by molar-refractivity contribution is 9.10. The van der Waals surface area contributed by atoms with Crippen LogP contribution in [0.15, 0.2) is 33.8 Å². The minimum Gasteiger partial charge on any atom is -0.309 e. The van der Waals surface area contributed by atoms with E-state index < -0.39 is 11.5 Å². The van der Waals surface area contributed by atoms with E-state index in [2.05, 4.69) is 31.3 Å². The molecule has 9 heteroatoms. The Morgan fingerprint density at radius 1 is 1.35 bits per heavy atom. The summed E-state index contributed by atoms with van der Waals surface area (Å²) in [5.41, 5.74) is -0.627. The highest BCUT2D eigenvalue weighted by Crippen LogP contribution is 2.14. The van der Waals surface area contributed by atoms with Crippen molar-refractivity contribution in [1.82, 2.24) is 14.8 Å². The molecule has 0 saturated heterocycles. The van der Waals surface area contributed by atoms with Crippen molar-refractivity contribution in [3.63, 3.8) is 0 Å². The van der Waals surface area contributed by atoms with Crippen LogP contribution >= 0.6 is 39.1 Å². The first kappa shape index (κ1) is 15.0. The van der Waals surface area contributed by atoms with Gasteiger partial charge in [0, 0.05) is 10.7 Å². The van der Waals surface area contributed by atoms with E-state index >= 15 is 0 Å². The van der Waals surface area contributed by atoms with E-state index in [1.54, 1.807) is 18.3 Å². The summed E-state index contributed by atoms with van der Waals surface area (Å²) in [6.45, 7) is -0.284. The van der Waals surface area contributed by atoms with Crippen LogP contribution in [0.2, 0.25) is 10.0 Å². The number of hydrogen-bond donors (Lipinski definition) is 1. The lowest BCUT2D eigenvalue weighted by Gasteiger charge is -2.06. The maximum absolute atomic E-state index is 11.8. The molecule has 2 heterocycles. The quantitative estimate of drug-likeness (QED) is 0.890. The van der Waals surface area contributed by atoms with Crippen LogP contribution in [0.3, 0.4) is 0 Å². The molecule has 20 heavy (non-hydrogen) atoms. The number of halogens is 3. The molecule has 104 valence electrons. The Labute approximate surface area is 131 Å². The van der Waals surface area contributed by atoms with Crippen molar-refractivity contribution in [1.29, 1.82) is 0 Å². The van der Waals surface area contributed by atoms with Gasteiger partial charge in [0.15, 0.2) is 0 Å². The van der Waals surface area contributed by atoms with E-state index in [4.69, 9.17) is 23.2 Å². The van der Waals surface area contributed by atoms with Crippen LogP contribution in [0.4, 0.5) is 5.82 Å². The highest BCUT2D eigenvalue weighted by atomic mass is 79.9. The molecule has 1 N–H and O–H groups in total. The molecule has 0 fully saturated rings. The molecular formula is C11H7BrCl2N4O2. The molecule has 0 saturated carbocycles. The van der Waals surface area contributed by atoms with Crippen LogP contribution in [-0.2, 0) is 11.3 Å². The Bertz CT molecular complexity index is 703. The summed E-state index contributed by atoms with van der Waals surface area (Å²) in [5, 5.41) is 6.14. The molecule has 2 aromatic rings. The summed E-state index contributed by atoms with van der Waals surface area (Å²) < 4.78 is 1.71. The summed E-state index contributed by atoms with van der Waals surface area (Å²) in [6.07, 6.45) is 2.75. The van der Waals surface area contributed by atoms with Gasteiger partial charge in [0.05, 0.1) is 11.2 Å². The predicted octanol–water partition coefficient (Wildman–Crippen LogP) is 2.35. The number of carbonyl (C=O) groups excluding carboxylic acids is 1. The number of nitrogens with one attached hydrogen (secondary N) is 1. The number of hydrogen-bond acceptors (Lipinski definition) is 4. The maximum atomic E-state index is 11.8. The highest BCUT2D eigenvalue weighted by Gasteiger charge is 2.11. The second kappa shape index (κ2) is 6.34. The molecule has 0 aliphatic rings. The third kappa shape index (κ3) is 3.56. The number of nitrogens with zero attached hydrogens (tertiary/aromatic N) is 3. The fraction of sp³-hybridized carbons (Fsp3) is 0.0909. The topological polar surface area (TPSA) is 76.9 Å². The van der Waals surface area contributed by atoms with E-state index in [-0.39, 0.29) is 16.6 Å². The van der Waals surface area contributed by atoms with Crippen molar-refractivity contribution >= 4 is 50.9 Å². The van der Waals surface area contributed by atoms with Crippen molar-refractivity contribution in [2.24, 2.45) is 0 Å². The minimum absolute atomic E-state index is 0.0444. The number of amides is 1.